The Morgan fingerprint density at radius 3 is 2.59 bits per heavy atom. The highest BCUT2D eigenvalue weighted by Crippen LogP contribution is 2.29. The molecule has 3 N–H and O–H groups in total. The summed E-state index contributed by atoms with van der Waals surface area (Å²) >= 11 is 0. The molecule has 0 bridgehead atoms. The van der Waals surface area contributed by atoms with Crippen LogP contribution in [-0.2, 0) is 4.74 Å². The highest BCUT2D eigenvalue weighted by molar-refractivity contribution is 5.85. The smallest absolute Gasteiger partial charge is 0.165 e. The zero-order valence-corrected chi connectivity index (χ0v) is 10.3. The van der Waals surface area contributed by atoms with Crippen molar-refractivity contribution in [3.63, 3.8) is 0 Å². The number of rotatable bonds is 2. The summed E-state index contributed by atoms with van der Waals surface area (Å²) in [6, 6.07) is 4.16. The monoisotopic (exact) mass is 261 g/mol. The molecule has 1 aliphatic heterocycles. The number of phenols is 1. The number of nitrogens with two attached hydrogens (primary N) is 1. The number of phenolic OH excluding ortho intramolecular Hbond substituents is 1. The fraction of sp³-hybridized carbons (Fsp3) is 0.500. The second-order valence-electron chi connectivity index (χ2n) is 4.19. The summed E-state index contributed by atoms with van der Waals surface area (Å²) in [5, 5.41) is 9.10. The minimum absolute atomic E-state index is 0. The number of hydrogen-bond donors (Lipinski definition) is 2. The fourth-order valence-corrected chi connectivity index (χ4v) is 2.08. The molecule has 96 valence electrons. The quantitative estimate of drug-likeness (QED) is 0.859. The van der Waals surface area contributed by atoms with Gasteiger partial charge in [-0.2, -0.15) is 0 Å². The molecule has 1 aromatic rings. The Labute approximate surface area is 106 Å². The summed E-state index contributed by atoms with van der Waals surface area (Å²) in [6.07, 6.45) is 1.81. The zero-order valence-electron chi connectivity index (χ0n) is 9.43. The molecule has 3 nitrogen and oxygen atoms in total. The zero-order chi connectivity index (χ0) is 11.5. The molecule has 2 rings (SSSR count). The van der Waals surface area contributed by atoms with Crippen LogP contribution < -0.4 is 5.73 Å². The topological polar surface area (TPSA) is 55.5 Å². The molecule has 1 atom stereocenters. The van der Waals surface area contributed by atoms with Crippen molar-refractivity contribution in [1.29, 1.82) is 0 Å². The van der Waals surface area contributed by atoms with E-state index in [0.29, 0.717) is 5.92 Å². The number of halogens is 2. The van der Waals surface area contributed by atoms with E-state index < -0.39 is 5.82 Å². The molecule has 1 saturated heterocycles. The minimum atomic E-state index is -0.611. The van der Waals surface area contributed by atoms with E-state index in [4.69, 9.17) is 15.6 Å². The van der Waals surface area contributed by atoms with Crippen molar-refractivity contribution in [2.24, 2.45) is 11.7 Å². The van der Waals surface area contributed by atoms with Gasteiger partial charge >= 0.3 is 0 Å². The lowest BCUT2D eigenvalue weighted by Gasteiger charge is -2.27. The number of benzene rings is 1. The van der Waals surface area contributed by atoms with Gasteiger partial charge in [-0.3, -0.25) is 0 Å². The van der Waals surface area contributed by atoms with E-state index in [1.807, 2.05) is 0 Å². The van der Waals surface area contributed by atoms with Crippen molar-refractivity contribution in [3.05, 3.63) is 29.6 Å². The molecule has 0 unspecified atom stereocenters. The molecule has 1 heterocycles. The van der Waals surface area contributed by atoms with E-state index >= 15 is 0 Å². The fourth-order valence-electron chi connectivity index (χ4n) is 2.08. The summed E-state index contributed by atoms with van der Waals surface area (Å²) in [6.45, 7) is 1.44. The van der Waals surface area contributed by atoms with Gasteiger partial charge in [0.15, 0.2) is 11.6 Å². The highest BCUT2D eigenvalue weighted by atomic mass is 35.5. The van der Waals surface area contributed by atoms with Gasteiger partial charge < -0.3 is 15.6 Å². The first-order valence-electron chi connectivity index (χ1n) is 5.50. The average Bonchev–Trinajstić information content (AvgIpc) is 2.33. The highest BCUT2D eigenvalue weighted by Gasteiger charge is 2.22. The van der Waals surface area contributed by atoms with Crippen molar-refractivity contribution in [2.45, 2.75) is 18.9 Å². The Bertz CT molecular complexity index is 370. The molecule has 0 radical (unpaired) electrons. The second kappa shape index (κ2) is 6.19. The Balaban J connectivity index is 0.00000144. The van der Waals surface area contributed by atoms with Crippen LogP contribution in [0.3, 0.4) is 0 Å². The molecule has 0 spiro atoms. The van der Waals surface area contributed by atoms with Crippen molar-refractivity contribution in [3.8, 4) is 5.75 Å². The van der Waals surface area contributed by atoms with Gasteiger partial charge in [0.1, 0.15) is 0 Å². The summed E-state index contributed by atoms with van der Waals surface area (Å²) in [5.74, 6) is -0.611. The molecule has 0 aromatic heterocycles. The molecule has 0 saturated carbocycles. The molecule has 1 fully saturated rings. The minimum Gasteiger partial charge on any atom is -0.505 e. The first kappa shape index (κ1) is 14.2. The number of hydrogen-bond acceptors (Lipinski definition) is 3. The molecule has 1 aromatic carbocycles. The predicted molar refractivity (Wildman–Crippen MR) is 65.8 cm³/mol. The summed E-state index contributed by atoms with van der Waals surface area (Å²) in [4.78, 5) is 0. The Morgan fingerprint density at radius 2 is 2.00 bits per heavy atom. The van der Waals surface area contributed by atoms with Crippen molar-refractivity contribution in [1.82, 2.24) is 0 Å². The third-order valence-corrected chi connectivity index (χ3v) is 3.13. The van der Waals surface area contributed by atoms with Crippen LogP contribution in [-0.4, -0.2) is 18.3 Å². The Hall–Kier alpha value is -0.840. The number of ether oxygens (including phenoxy) is 1. The Morgan fingerprint density at radius 1 is 1.35 bits per heavy atom. The lowest BCUT2D eigenvalue weighted by atomic mass is 9.88. The third-order valence-electron chi connectivity index (χ3n) is 3.13. The predicted octanol–water partition coefficient (Wildman–Crippen LogP) is 2.38. The van der Waals surface area contributed by atoms with Gasteiger partial charge in [-0.05, 0) is 36.5 Å². The molecule has 17 heavy (non-hydrogen) atoms. The van der Waals surface area contributed by atoms with Gasteiger partial charge in [-0.1, -0.05) is 6.07 Å². The first-order chi connectivity index (χ1) is 7.68. The van der Waals surface area contributed by atoms with Gasteiger partial charge in [-0.25, -0.2) is 4.39 Å². The summed E-state index contributed by atoms with van der Waals surface area (Å²) < 4.78 is 18.4. The lowest BCUT2D eigenvalue weighted by molar-refractivity contribution is 0.0583. The Kier molecular flexibility index (Phi) is 5.18. The second-order valence-corrected chi connectivity index (χ2v) is 4.19. The van der Waals surface area contributed by atoms with Gasteiger partial charge in [0.05, 0.1) is 0 Å². The van der Waals surface area contributed by atoms with Crippen LogP contribution >= 0.6 is 12.4 Å². The third kappa shape index (κ3) is 3.31. The van der Waals surface area contributed by atoms with Crippen LogP contribution in [0.5, 0.6) is 5.75 Å². The van der Waals surface area contributed by atoms with Crippen LogP contribution in [0.1, 0.15) is 24.4 Å². The van der Waals surface area contributed by atoms with E-state index in [1.54, 1.807) is 6.07 Å². The maximum absolute atomic E-state index is 13.2. The molecule has 5 heteroatoms. The largest absolute Gasteiger partial charge is 0.505 e. The molecule has 1 aliphatic rings. The van der Waals surface area contributed by atoms with Crippen molar-refractivity contribution >= 4 is 12.4 Å². The molecular formula is C12H17ClFNO2. The van der Waals surface area contributed by atoms with Crippen molar-refractivity contribution < 1.29 is 14.2 Å². The van der Waals surface area contributed by atoms with Gasteiger partial charge in [0.2, 0.25) is 0 Å². The standard InChI is InChI=1S/C12H16FNO2.ClH/c13-10-7-9(1-2-11(10)15)12(14)8-3-5-16-6-4-8;/h1-2,7-8,12,15H,3-6,14H2;1H/t12-;/m0./s1. The van der Waals surface area contributed by atoms with E-state index in [0.717, 1.165) is 31.6 Å². The van der Waals surface area contributed by atoms with Crippen molar-refractivity contribution in [2.75, 3.05) is 13.2 Å². The average molecular weight is 262 g/mol. The SMILES string of the molecule is Cl.N[C@H](c1ccc(O)c(F)c1)C1CCOCC1. The molecule has 0 amide bonds. The van der Waals surface area contributed by atoms with Crippen LogP contribution in [0.25, 0.3) is 0 Å². The molecular weight excluding hydrogens is 245 g/mol. The van der Waals surface area contributed by atoms with E-state index in [9.17, 15) is 4.39 Å². The van der Waals surface area contributed by atoms with Crippen LogP contribution in [0, 0.1) is 11.7 Å². The maximum Gasteiger partial charge on any atom is 0.165 e. The van der Waals surface area contributed by atoms with E-state index in [1.165, 1.54) is 12.1 Å². The number of aromatic hydroxyl groups is 1. The van der Waals surface area contributed by atoms with Crippen LogP contribution in [0.15, 0.2) is 18.2 Å². The van der Waals surface area contributed by atoms with Gasteiger partial charge in [0, 0.05) is 19.3 Å². The summed E-state index contributed by atoms with van der Waals surface area (Å²) in [5.41, 5.74) is 6.82. The van der Waals surface area contributed by atoms with Gasteiger partial charge in [0.25, 0.3) is 0 Å². The van der Waals surface area contributed by atoms with Crippen LogP contribution in [0.2, 0.25) is 0 Å². The first-order valence-corrected chi connectivity index (χ1v) is 5.50. The van der Waals surface area contributed by atoms with Gasteiger partial charge in [-0.15, -0.1) is 12.4 Å². The summed E-state index contributed by atoms with van der Waals surface area (Å²) in [7, 11) is 0. The molecule has 0 aliphatic carbocycles. The normalized spacial score (nSPS) is 18.5. The van der Waals surface area contributed by atoms with E-state index in [2.05, 4.69) is 0 Å². The van der Waals surface area contributed by atoms with Crippen LogP contribution in [0.4, 0.5) is 4.39 Å². The maximum atomic E-state index is 13.2. The lowest BCUT2D eigenvalue weighted by Crippen LogP contribution is -2.27. The van der Waals surface area contributed by atoms with E-state index in [-0.39, 0.29) is 24.2 Å².